The summed E-state index contributed by atoms with van der Waals surface area (Å²) in [7, 11) is 3.60. The standard InChI is InChI=1S/C28H31F4N7O3S/c1-4-41-20-13-38(2)36-23(20)27(40)33-12-21-35-26(37-42-21)25-16(11-28(30,31)32)15-6-5-7-17(24(15)43-25)34-18-10-14-8-9-19(22(18)29)39(14)3/h5-7,13-14,18-19,22,34H,4,8-12H2,1-3H3,(H,33,40)/t14-,18-,19+,22-/m1/s1. The normalized spacial score (nSPS) is 22.3. The molecule has 0 spiro atoms. The van der Waals surface area contributed by atoms with Crippen molar-refractivity contribution in [3.8, 4) is 16.5 Å². The summed E-state index contributed by atoms with van der Waals surface area (Å²) in [5.74, 6) is -0.239. The van der Waals surface area contributed by atoms with Gasteiger partial charge in [0.1, 0.15) is 6.17 Å². The number of fused-ring (bicyclic) bond motifs is 3. The molecular weight excluding hydrogens is 590 g/mol. The Morgan fingerprint density at radius 2 is 2.07 bits per heavy atom. The lowest BCUT2D eigenvalue weighted by Gasteiger charge is -2.39. The molecule has 6 rings (SSSR count). The number of carbonyl (C=O) groups excluding carboxylic acids is 1. The SMILES string of the molecule is CCOc1cn(C)nc1C(=O)NCc1nc(-c2sc3c(N[C@@H]4C[C@H]5CC[C@@H]([C@@H]4F)N5C)cccc3c2CC(F)(F)F)no1. The van der Waals surface area contributed by atoms with Gasteiger partial charge in [0.15, 0.2) is 11.4 Å². The van der Waals surface area contributed by atoms with E-state index in [1.807, 2.05) is 7.05 Å². The summed E-state index contributed by atoms with van der Waals surface area (Å²) in [6.45, 7) is 1.96. The maximum atomic E-state index is 15.4. The number of amides is 1. The van der Waals surface area contributed by atoms with Crippen LogP contribution in [-0.4, -0.2) is 74.9 Å². The van der Waals surface area contributed by atoms with Crippen LogP contribution in [0.5, 0.6) is 5.75 Å². The Bertz CT molecular complexity index is 1630. The van der Waals surface area contributed by atoms with Crippen molar-refractivity contribution in [1.29, 1.82) is 0 Å². The zero-order chi connectivity index (χ0) is 30.5. The number of carbonyl (C=O) groups is 1. The van der Waals surface area contributed by atoms with Crippen LogP contribution in [-0.2, 0) is 20.0 Å². The highest BCUT2D eigenvalue weighted by atomic mass is 32.1. The minimum atomic E-state index is -4.50. The van der Waals surface area contributed by atoms with Crippen molar-refractivity contribution < 1.29 is 31.6 Å². The first-order chi connectivity index (χ1) is 20.5. The minimum absolute atomic E-state index is 0.00748. The predicted molar refractivity (Wildman–Crippen MR) is 152 cm³/mol. The zero-order valence-electron chi connectivity index (χ0n) is 23.7. The van der Waals surface area contributed by atoms with Crippen LogP contribution in [0.15, 0.2) is 28.9 Å². The Labute approximate surface area is 248 Å². The van der Waals surface area contributed by atoms with Crippen LogP contribution < -0.4 is 15.4 Å². The number of nitrogens with one attached hydrogen (secondary N) is 2. The topological polar surface area (TPSA) is 110 Å². The Hall–Kier alpha value is -3.72. The zero-order valence-corrected chi connectivity index (χ0v) is 24.6. The maximum absolute atomic E-state index is 15.4. The summed E-state index contributed by atoms with van der Waals surface area (Å²) >= 11 is 1.10. The predicted octanol–water partition coefficient (Wildman–Crippen LogP) is 5.10. The van der Waals surface area contributed by atoms with Crippen molar-refractivity contribution in [1.82, 2.24) is 30.1 Å². The van der Waals surface area contributed by atoms with Crippen molar-refractivity contribution in [3.63, 3.8) is 0 Å². The molecule has 10 nitrogen and oxygen atoms in total. The molecule has 0 unspecified atom stereocenters. The van der Waals surface area contributed by atoms with E-state index in [4.69, 9.17) is 9.26 Å². The van der Waals surface area contributed by atoms with Gasteiger partial charge in [0.05, 0.1) is 47.1 Å². The Kier molecular flexibility index (Phi) is 7.79. The Morgan fingerprint density at radius 3 is 2.84 bits per heavy atom. The van der Waals surface area contributed by atoms with Crippen LogP contribution in [0.25, 0.3) is 20.8 Å². The van der Waals surface area contributed by atoms with Crippen LogP contribution in [0.1, 0.15) is 48.1 Å². The third kappa shape index (κ3) is 5.79. The van der Waals surface area contributed by atoms with Crippen LogP contribution in [0.2, 0.25) is 0 Å². The molecule has 43 heavy (non-hydrogen) atoms. The van der Waals surface area contributed by atoms with E-state index in [1.54, 1.807) is 38.4 Å². The van der Waals surface area contributed by atoms with Gasteiger partial charge in [-0.1, -0.05) is 17.3 Å². The van der Waals surface area contributed by atoms with Crippen molar-refractivity contribution >= 4 is 33.0 Å². The number of hydrogen-bond acceptors (Lipinski definition) is 9. The number of aryl methyl sites for hydroxylation is 1. The molecule has 1 aromatic carbocycles. The molecule has 2 aliphatic heterocycles. The van der Waals surface area contributed by atoms with Gasteiger partial charge in [-0.15, -0.1) is 11.3 Å². The number of thiophene rings is 1. The highest BCUT2D eigenvalue weighted by Crippen LogP contribution is 2.45. The number of alkyl halides is 4. The molecule has 230 valence electrons. The molecule has 3 aromatic heterocycles. The molecule has 0 saturated carbocycles. The third-order valence-electron chi connectivity index (χ3n) is 8.09. The molecule has 15 heteroatoms. The van der Waals surface area contributed by atoms with Crippen LogP contribution in [0.4, 0.5) is 23.2 Å². The summed E-state index contributed by atoms with van der Waals surface area (Å²) < 4.78 is 69.5. The second-order valence-corrected chi connectivity index (χ2v) is 11.9. The second kappa shape index (κ2) is 11.4. The lowest BCUT2D eigenvalue weighted by atomic mass is 9.95. The Morgan fingerprint density at radius 1 is 1.26 bits per heavy atom. The number of rotatable bonds is 9. The monoisotopic (exact) mass is 621 g/mol. The van der Waals surface area contributed by atoms with E-state index in [0.29, 0.717) is 34.6 Å². The first-order valence-corrected chi connectivity index (χ1v) is 14.8. The molecule has 0 radical (unpaired) electrons. The van der Waals surface area contributed by atoms with Crippen LogP contribution in [0.3, 0.4) is 0 Å². The fourth-order valence-electron chi connectivity index (χ4n) is 6.12. The average molecular weight is 622 g/mol. The highest BCUT2D eigenvalue weighted by Gasteiger charge is 2.46. The summed E-state index contributed by atoms with van der Waals surface area (Å²) in [6.07, 6.45) is -2.89. The van der Waals surface area contributed by atoms with E-state index < -0.39 is 30.7 Å². The van der Waals surface area contributed by atoms with Gasteiger partial charge in [-0.2, -0.15) is 23.3 Å². The first kappa shape index (κ1) is 29.4. The third-order valence-corrected chi connectivity index (χ3v) is 9.37. The van der Waals surface area contributed by atoms with E-state index in [-0.39, 0.29) is 46.5 Å². The van der Waals surface area contributed by atoms with Gasteiger partial charge in [0.25, 0.3) is 5.91 Å². The number of hydrogen-bond donors (Lipinski definition) is 2. The van der Waals surface area contributed by atoms with Crippen molar-refractivity contribution in [2.75, 3.05) is 19.0 Å². The van der Waals surface area contributed by atoms with Crippen LogP contribution in [0, 0.1) is 0 Å². The smallest absolute Gasteiger partial charge is 0.393 e. The van der Waals surface area contributed by atoms with Crippen molar-refractivity contribution in [2.24, 2.45) is 7.05 Å². The number of anilines is 1. The quantitative estimate of drug-likeness (QED) is 0.249. The molecule has 4 aromatic rings. The average Bonchev–Trinajstić information content (AvgIpc) is 3.71. The van der Waals surface area contributed by atoms with Gasteiger partial charge in [-0.3, -0.25) is 14.4 Å². The van der Waals surface area contributed by atoms with E-state index >= 15 is 4.39 Å². The van der Waals surface area contributed by atoms with Crippen molar-refractivity contribution in [2.45, 2.75) is 69.6 Å². The highest BCUT2D eigenvalue weighted by molar-refractivity contribution is 7.23. The summed E-state index contributed by atoms with van der Waals surface area (Å²) in [4.78, 5) is 19.3. The maximum Gasteiger partial charge on any atom is 0.393 e. The molecule has 0 aliphatic carbocycles. The molecule has 2 aliphatic rings. The minimum Gasteiger partial charge on any atom is -0.490 e. The number of aromatic nitrogens is 4. The second-order valence-electron chi connectivity index (χ2n) is 10.9. The van der Waals surface area contributed by atoms with Gasteiger partial charge in [-0.05, 0) is 50.2 Å². The molecular formula is C28H31F4N7O3S. The lowest BCUT2D eigenvalue weighted by molar-refractivity contribution is -0.126. The molecule has 2 fully saturated rings. The largest absolute Gasteiger partial charge is 0.490 e. The molecule has 2 N–H and O–H groups in total. The number of ether oxygens (including phenoxy) is 1. The van der Waals surface area contributed by atoms with Crippen LogP contribution >= 0.6 is 11.3 Å². The van der Waals surface area contributed by atoms with Gasteiger partial charge < -0.3 is 19.9 Å². The molecule has 2 bridgehead atoms. The molecule has 1 amide bonds. The van der Waals surface area contributed by atoms with E-state index in [9.17, 15) is 18.0 Å². The number of nitrogens with zero attached hydrogens (tertiary/aromatic N) is 5. The van der Waals surface area contributed by atoms with Gasteiger partial charge in [0.2, 0.25) is 11.7 Å². The van der Waals surface area contributed by atoms with Gasteiger partial charge in [0, 0.05) is 19.1 Å². The van der Waals surface area contributed by atoms with Gasteiger partial charge in [-0.25, -0.2) is 4.39 Å². The molecule has 5 heterocycles. The fourth-order valence-corrected chi connectivity index (χ4v) is 7.34. The van der Waals surface area contributed by atoms with E-state index in [1.165, 1.54) is 4.68 Å². The summed E-state index contributed by atoms with van der Waals surface area (Å²) in [5.41, 5.74) is 0.669. The Balaban J connectivity index is 1.27. The molecule has 2 saturated heterocycles. The molecule has 4 atom stereocenters. The number of piperidine rings is 1. The van der Waals surface area contributed by atoms with E-state index in [0.717, 1.165) is 24.2 Å². The number of halogens is 4. The number of benzene rings is 1. The fraction of sp³-hybridized carbons (Fsp3) is 0.500. The first-order valence-electron chi connectivity index (χ1n) is 14.0. The van der Waals surface area contributed by atoms with Crippen molar-refractivity contribution in [3.05, 3.63) is 41.5 Å². The summed E-state index contributed by atoms with van der Waals surface area (Å²) in [6, 6.07) is 4.71. The van der Waals surface area contributed by atoms with Gasteiger partial charge >= 0.3 is 6.18 Å². The lowest BCUT2D eigenvalue weighted by Crippen LogP contribution is -2.53. The summed E-state index contributed by atoms with van der Waals surface area (Å²) in [5, 5.41) is 14.4. The van der Waals surface area contributed by atoms with E-state index in [2.05, 4.69) is 30.8 Å².